The van der Waals surface area contributed by atoms with Crippen molar-refractivity contribution in [2.45, 2.75) is 26.3 Å². The third-order valence-electron chi connectivity index (χ3n) is 2.22. The predicted octanol–water partition coefficient (Wildman–Crippen LogP) is 2.17. The zero-order valence-corrected chi connectivity index (χ0v) is 9.25. The van der Waals surface area contributed by atoms with E-state index in [2.05, 4.69) is 5.32 Å². The third-order valence-corrected chi connectivity index (χ3v) is 2.22. The topological polar surface area (TPSA) is 52.9 Å². The summed E-state index contributed by atoms with van der Waals surface area (Å²) in [6, 6.07) is 5.79. The minimum Gasteiger partial charge on any atom is -0.349 e. The highest BCUT2D eigenvalue weighted by atomic mass is 19.1. The maximum absolute atomic E-state index is 13.0. The van der Waals surface area contributed by atoms with Crippen LogP contribution in [0.5, 0.6) is 0 Å². The second-order valence-corrected chi connectivity index (χ2v) is 3.70. The van der Waals surface area contributed by atoms with Crippen molar-refractivity contribution in [2.24, 2.45) is 0 Å². The summed E-state index contributed by atoms with van der Waals surface area (Å²) in [6.45, 7) is 3.47. The maximum atomic E-state index is 13.0. The van der Waals surface area contributed by atoms with E-state index < -0.39 is 5.82 Å². The lowest BCUT2D eigenvalue weighted by molar-refractivity contribution is 0.0939. The van der Waals surface area contributed by atoms with Crippen LogP contribution in [-0.4, -0.2) is 11.9 Å². The first-order chi connectivity index (χ1) is 7.54. The van der Waals surface area contributed by atoms with Crippen LogP contribution >= 0.6 is 0 Å². The van der Waals surface area contributed by atoms with Gasteiger partial charge in [0, 0.05) is 11.6 Å². The van der Waals surface area contributed by atoms with Crippen molar-refractivity contribution in [1.29, 1.82) is 5.26 Å². The van der Waals surface area contributed by atoms with Crippen LogP contribution in [0.25, 0.3) is 0 Å². The molecule has 1 aromatic carbocycles. The van der Waals surface area contributed by atoms with Crippen LogP contribution < -0.4 is 5.32 Å². The molecule has 1 unspecified atom stereocenters. The number of nitrogens with zero attached hydrogens (tertiary/aromatic N) is 1. The standard InChI is InChI=1S/C12H13FN2O/c1-8-3-4-10(13)7-11(8)12(16)15-9(2)5-6-14/h3-4,7,9H,5H2,1-2H3,(H,15,16). The Morgan fingerprint density at radius 1 is 1.62 bits per heavy atom. The average molecular weight is 220 g/mol. The van der Waals surface area contributed by atoms with Gasteiger partial charge < -0.3 is 5.32 Å². The molecule has 0 saturated heterocycles. The van der Waals surface area contributed by atoms with Gasteiger partial charge >= 0.3 is 0 Å². The van der Waals surface area contributed by atoms with Crippen molar-refractivity contribution in [3.63, 3.8) is 0 Å². The predicted molar refractivity (Wildman–Crippen MR) is 58.3 cm³/mol. The highest BCUT2D eigenvalue weighted by molar-refractivity contribution is 5.95. The van der Waals surface area contributed by atoms with Crippen LogP contribution in [0, 0.1) is 24.1 Å². The molecule has 0 aliphatic carbocycles. The van der Waals surface area contributed by atoms with Gasteiger partial charge in [-0.2, -0.15) is 5.26 Å². The van der Waals surface area contributed by atoms with Gasteiger partial charge in [0.1, 0.15) is 5.82 Å². The number of aryl methyl sites for hydroxylation is 1. The SMILES string of the molecule is Cc1ccc(F)cc1C(=O)NC(C)CC#N. The molecule has 1 N–H and O–H groups in total. The minimum atomic E-state index is -0.441. The fraction of sp³-hybridized carbons (Fsp3) is 0.333. The number of benzene rings is 1. The lowest BCUT2D eigenvalue weighted by Gasteiger charge is -2.11. The summed E-state index contributed by atoms with van der Waals surface area (Å²) in [4.78, 5) is 11.7. The lowest BCUT2D eigenvalue weighted by atomic mass is 10.1. The molecule has 0 saturated carbocycles. The Morgan fingerprint density at radius 2 is 2.31 bits per heavy atom. The van der Waals surface area contributed by atoms with Crippen molar-refractivity contribution in [3.05, 3.63) is 35.1 Å². The Morgan fingerprint density at radius 3 is 2.94 bits per heavy atom. The Bertz CT molecular complexity index is 437. The zero-order chi connectivity index (χ0) is 12.1. The molecular weight excluding hydrogens is 207 g/mol. The van der Waals surface area contributed by atoms with Gasteiger partial charge in [-0.15, -0.1) is 0 Å². The van der Waals surface area contributed by atoms with E-state index in [0.29, 0.717) is 11.1 Å². The molecule has 0 bridgehead atoms. The molecule has 1 aromatic rings. The van der Waals surface area contributed by atoms with Crippen molar-refractivity contribution < 1.29 is 9.18 Å². The summed E-state index contributed by atoms with van der Waals surface area (Å²) < 4.78 is 13.0. The zero-order valence-electron chi connectivity index (χ0n) is 9.25. The first-order valence-corrected chi connectivity index (χ1v) is 4.98. The van der Waals surface area contributed by atoms with Gasteiger partial charge in [0.15, 0.2) is 0 Å². The molecule has 0 fully saturated rings. The molecule has 0 spiro atoms. The van der Waals surface area contributed by atoms with E-state index in [4.69, 9.17) is 5.26 Å². The van der Waals surface area contributed by atoms with Crippen molar-refractivity contribution >= 4 is 5.91 Å². The van der Waals surface area contributed by atoms with Crippen molar-refractivity contribution in [3.8, 4) is 6.07 Å². The number of halogens is 1. The second-order valence-electron chi connectivity index (χ2n) is 3.70. The van der Waals surface area contributed by atoms with E-state index in [-0.39, 0.29) is 18.4 Å². The quantitative estimate of drug-likeness (QED) is 0.848. The molecule has 1 amide bonds. The molecule has 4 heteroatoms. The van der Waals surface area contributed by atoms with Crippen molar-refractivity contribution in [2.75, 3.05) is 0 Å². The Labute approximate surface area is 93.9 Å². The van der Waals surface area contributed by atoms with Crippen LogP contribution in [0.3, 0.4) is 0 Å². The van der Waals surface area contributed by atoms with Gasteiger partial charge in [0.2, 0.25) is 0 Å². The average Bonchev–Trinajstić information content (AvgIpc) is 2.21. The van der Waals surface area contributed by atoms with E-state index >= 15 is 0 Å². The van der Waals surface area contributed by atoms with Crippen LogP contribution in [0.2, 0.25) is 0 Å². The number of amides is 1. The first kappa shape index (κ1) is 12.2. The summed E-state index contributed by atoms with van der Waals surface area (Å²) in [5.41, 5.74) is 1.02. The first-order valence-electron chi connectivity index (χ1n) is 4.98. The van der Waals surface area contributed by atoms with E-state index in [1.807, 2.05) is 6.07 Å². The largest absolute Gasteiger partial charge is 0.349 e. The number of nitriles is 1. The maximum Gasteiger partial charge on any atom is 0.251 e. The molecule has 0 radical (unpaired) electrons. The molecule has 0 aromatic heterocycles. The molecule has 0 aliphatic heterocycles. The molecule has 0 aliphatic rings. The van der Waals surface area contributed by atoms with Gasteiger partial charge in [-0.05, 0) is 31.5 Å². The number of carbonyl (C=O) groups excluding carboxylic acids is 1. The van der Waals surface area contributed by atoms with Gasteiger partial charge in [-0.3, -0.25) is 4.79 Å². The van der Waals surface area contributed by atoms with E-state index in [1.165, 1.54) is 12.1 Å². The van der Waals surface area contributed by atoms with E-state index in [1.54, 1.807) is 19.9 Å². The monoisotopic (exact) mass is 220 g/mol. The number of hydrogen-bond acceptors (Lipinski definition) is 2. The Kier molecular flexibility index (Phi) is 4.01. The normalized spacial score (nSPS) is 11.6. The fourth-order valence-corrected chi connectivity index (χ4v) is 1.33. The number of hydrogen-bond donors (Lipinski definition) is 1. The summed E-state index contributed by atoms with van der Waals surface area (Å²) in [7, 11) is 0. The lowest BCUT2D eigenvalue weighted by Crippen LogP contribution is -2.32. The second kappa shape index (κ2) is 5.26. The van der Waals surface area contributed by atoms with Crippen molar-refractivity contribution in [1.82, 2.24) is 5.32 Å². The molecule has 3 nitrogen and oxygen atoms in total. The molecule has 84 valence electrons. The Balaban J connectivity index is 2.81. The summed E-state index contributed by atoms with van der Waals surface area (Å²) in [6.07, 6.45) is 0.236. The number of carbonyl (C=O) groups is 1. The molecule has 0 heterocycles. The Hall–Kier alpha value is -1.89. The van der Waals surface area contributed by atoms with Gasteiger partial charge in [0.05, 0.1) is 12.5 Å². The van der Waals surface area contributed by atoms with Crippen LogP contribution in [-0.2, 0) is 0 Å². The molecular formula is C12H13FN2O. The molecule has 16 heavy (non-hydrogen) atoms. The van der Waals surface area contributed by atoms with Crippen LogP contribution in [0.1, 0.15) is 29.3 Å². The van der Waals surface area contributed by atoms with Gasteiger partial charge in [-0.1, -0.05) is 6.07 Å². The summed E-state index contributed by atoms with van der Waals surface area (Å²) in [5.74, 6) is -0.788. The summed E-state index contributed by atoms with van der Waals surface area (Å²) >= 11 is 0. The van der Waals surface area contributed by atoms with Crippen LogP contribution in [0.15, 0.2) is 18.2 Å². The molecule has 1 rings (SSSR count). The number of nitrogens with one attached hydrogen (secondary N) is 1. The minimum absolute atomic E-state index is 0.236. The fourth-order valence-electron chi connectivity index (χ4n) is 1.33. The van der Waals surface area contributed by atoms with E-state index in [9.17, 15) is 9.18 Å². The van der Waals surface area contributed by atoms with Crippen LogP contribution in [0.4, 0.5) is 4.39 Å². The highest BCUT2D eigenvalue weighted by Gasteiger charge is 2.12. The smallest absolute Gasteiger partial charge is 0.251 e. The van der Waals surface area contributed by atoms with E-state index in [0.717, 1.165) is 0 Å². The third kappa shape index (κ3) is 3.06. The summed E-state index contributed by atoms with van der Waals surface area (Å²) in [5, 5.41) is 11.1. The molecule has 1 atom stereocenters. The van der Waals surface area contributed by atoms with Gasteiger partial charge in [-0.25, -0.2) is 4.39 Å². The van der Waals surface area contributed by atoms with Gasteiger partial charge in [0.25, 0.3) is 5.91 Å². The highest BCUT2D eigenvalue weighted by Crippen LogP contribution is 2.10. The number of rotatable bonds is 3.